The fourth-order valence-corrected chi connectivity index (χ4v) is 2.24. The van der Waals surface area contributed by atoms with Crippen molar-refractivity contribution in [2.75, 3.05) is 20.0 Å². The van der Waals surface area contributed by atoms with Crippen LogP contribution in [-0.4, -0.2) is 39.3 Å². The number of hydrogen-bond acceptors (Lipinski definition) is 2. The van der Waals surface area contributed by atoms with Crippen LogP contribution in [0.1, 0.15) is 45.4 Å². The van der Waals surface area contributed by atoms with Crippen LogP contribution in [0.4, 0.5) is 0 Å². The highest BCUT2D eigenvalue weighted by Crippen LogP contribution is 1.99. The van der Waals surface area contributed by atoms with Gasteiger partial charge in [0.15, 0.2) is 0 Å². The zero-order valence-corrected chi connectivity index (χ0v) is 13.3. The van der Waals surface area contributed by atoms with E-state index in [9.17, 15) is 0 Å². The molecule has 98 valence electrons. The Hall–Kier alpha value is 0.716. The average molecular weight is 273 g/mol. The minimum atomic E-state index is -0.276. The van der Waals surface area contributed by atoms with Crippen molar-refractivity contribution in [3.63, 3.8) is 0 Å². The Morgan fingerprint density at radius 2 is 1.76 bits per heavy atom. The first-order valence-corrected chi connectivity index (χ1v) is 9.92. The molecule has 0 aliphatic rings. The van der Waals surface area contributed by atoms with Crippen LogP contribution in [0.15, 0.2) is 12.2 Å². The molecule has 0 unspecified atom stereocenters. The normalized spacial score (nSPS) is 10.9. The number of ether oxygens (including phenoxy) is 2. The lowest BCUT2D eigenvalue weighted by molar-refractivity contribution is -0.0531. The van der Waals surface area contributed by atoms with Crippen molar-refractivity contribution in [3.05, 3.63) is 12.2 Å². The van der Waals surface area contributed by atoms with Crippen molar-refractivity contribution >= 4 is 28.3 Å². The predicted octanol–water partition coefficient (Wildman–Crippen LogP) is 4.17. The molecule has 2 nitrogen and oxygen atoms in total. The van der Waals surface area contributed by atoms with Gasteiger partial charge in [0, 0.05) is 6.61 Å². The first-order chi connectivity index (χ1) is 8.41. The fraction of sp³-hybridized carbons (Fsp3) is 0.846. The van der Waals surface area contributed by atoms with E-state index in [-0.39, 0.29) is 19.3 Å². The molecular formula is C13H25ClMgO2. The number of rotatable bonds is 13. The van der Waals surface area contributed by atoms with E-state index in [2.05, 4.69) is 19.1 Å². The molecule has 4 heteroatoms. The predicted molar refractivity (Wildman–Crippen MR) is 75.7 cm³/mol. The van der Waals surface area contributed by atoms with Crippen LogP contribution < -0.4 is 0 Å². The molecule has 0 rings (SSSR count). The van der Waals surface area contributed by atoms with Gasteiger partial charge in [-0.15, -0.1) is 4.55 Å². The van der Waals surface area contributed by atoms with Crippen molar-refractivity contribution in [1.29, 1.82) is 0 Å². The van der Waals surface area contributed by atoms with E-state index < -0.39 is 0 Å². The second-order valence-electron chi connectivity index (χ2n) is 4.09. The van der Waals surface area contributed by atoms with Gasteiger partial charge in [0.2, 0.25) is 0 Å². The molecule has 17 heavy (non-hydrogen) atoms. The molecule has 0 aliphatic carbocycles. The molecule has 0 fully saturated rings. The van der Waals surface area contributed by atoms with Crippen molar-refractivity contribution in [2.24, 2.45) is 0 Å². The molecular weight excluding hydrogens is 248 g/mol. The largest absolute Gasteiger partial charge is 0.501 e. The second-order valence-corrected chi connectivity index (χ2v) is 6.31. The van der Waals surface area contributed by atoms with Gasteiger partial charge < -0.3 is 18.5 Å². The van der Waals surface area contributed by atoms with Gasteiger partial charge in [0.05, 0.1) is 6.61 Å². The standard InChI is InChI=1S/C13H25O2.ClH.Mg/c1-3-5-7-9-11-14-13-15-12-10-8-6-4-2;;/h5,7H,1,3-4,6,8-13H2,2H3;1H;/q;;+1/p-1/b7-5-;;. The summed E-state index contributed by atoms with van der Waals surface area (Å²) in [5, 5.41) is 0. The van der Waals surface area contributed by atoms with Crippen molar-refractivity contribution < 1.29 is 9.47 Å². The summed E-state index contributed by atoms with van der Waals surface area (Å²) in [4.78, 5) is 0. The second kappa shape index (κ2) is 16.7. The maximum absolute atomic E-state index is 5.71. The van der Waals surface area contributed by atoms with Crippen LogP contribution in [0.2, 0.25) is 4.55 Å². The summed E-state index contributed by atoms with van der Waals surface area (Å²) < 4.78 is 11.9. The van der Waals surface area contributed by atoms with Crippen LogP contribution in [0.3, 0.4) is 0 Å². The molecule has 0 radical (unpaired) electrons. The molecule has 0 aromatic rings. The Bertz CT molecular complexity index is 165. The van der Waals surface area contributed by atoms with Crippen molar-refractivity contribution in [2.45, 2.75) is 50.0 Å². The van der Waals surface area contributed by atoms with Gasteiger partial charge in [0.25, 0.3) is 0 Å². The zero-order valence-electron chi connectivity index (χ0n) is 11.1. The minimum Gasteiger partial charge on any atom is -0.355 e. The third kappa shape index (κ3) is 16.7. The van der Waals surface area contributed by atoms with E-state index in [1.54, 1.807) is 0 Å². The van der Waals surface area contributed by atoms with Gasteiger partial charge in [-0.05, 0) is 12.8 Å². The summed E-state index contributed by atoms with van der Waals surface area (Å²) in [6.07, 6.45) is 11.5. The average Bonchev–Trinajstić information content (AvgIpc) is 2.35. The smallest absolute Gasteiger partial charge is 0.355 e. The lowest BCUT2D eigenvalue weighted by atomic mass is 10.2. The van der Waals surface area contributed by atoms with E-state index in [1.165, 1.54) is 23.8 Å². The number of hydrogen-bond donors (Lipinski definition) is 0. The highest BCUT2D eigenvalue weighted by molar-refractivity contribution is 6.93. The van der Waals surface area contributed by atoms with Gasteiger partial charge in [-0.3, -0.25) is 0 Å². The van der Waals surface area contributed by atoms with Gasteiger partial charge in [-0.25, -0.2) is 0 Å². The third-order valence-electron chi connectivity index (χ3n) is 2.41. The molecule has 0 saturated carbocycles. The summed E-state index contributed by atoms with van der Waals surface area (Å²) >= 11 is -0.276. The first kappa shape index (κ1) is 17.7. The number of allylic oxidation sites excluding steroid dienone is 1. The Morgan fingerprint density at radius 1 is 1.00 bits per heavy atom. The molecule has 0 amide bonds. The molecule has 0 bridgehead atoms. The Labute approximate surface area is 120 Å². The van der Waals surface area contributed by atoms with Crippen LogP contribution in [0.5, 0.6) is 0 Å². The molecule has 0 heterocycles. The first-order valence-electron chi connectivity index (χ1n) is 6.78. The van der Waals surface area contributed by atoms with Crippen LogP contribution >= 0.6 is 9.07 Å². The minimum absolute atomic E-state index is 0.276. The lowest BCUT2D eigenvalue weighted by Crippen LogP contribution is -2.02. The Morgan fingerprint density at radius 3 is 2.53 bits per heavy atom. The molecule has 0 aromatic carbocycles. The monoisotopic (exact) mass is 272 g/mol. The molecule has 0 spiro atoms. The topological polar surface area (TPSA) is 18.5 Å². The summed E-state index contributed by atoms with van der Waals surface area (Å²) in [5.41, 5.74) is 0. The van der Waals surface area contributed by atoms with E-state index in [1.807, 2.05) is 0 Å². The van der Waals surface area contributed by atoms with Crippen molar-refractivity contribution in [3.8, 4) is 0 Å². The maximum Gasteiger partial charge on any atom is 0.501 e. The molecule has 0 aromatic heterocycles. The summed E-state index contributed by atoms with van der Waals surface area (Å²) in [7, 11) is 5.71. The van der Waals surface area contributed by atoms with Crippen molar-refractivity contribution in [1.82, 2.24) is 0 Å². The SMILES string of the molecule is CCCCCCOCOCC/C=C\C[CH2][Mg][Cl]. The highest BCUT2D eigenvalue weighted by atomic mass is 35.5. The summed E-state index contributed by atoms with van der Waals surface area (Å²) in [6.45, 7) is 4.24. The van der Waals surface area contributed by atoms with Crippen LogP contribution in [0, 0.1) is 0 Å². The Kier molecular flexibility index (Phi) is 17.4. The van der Waals surface area contributed by atoms with E-state index in [4.69, 9.17) is 18.5 Å². The van der Waals surface area contributed by atoms with Gasteiger partial charge >= 0.3 is 19.3 Å². The lowest BCUT2D eigenvalue weighted by Gasteiger charge is -2.04. The van der Waals surface area contributed by atoms with Gasteiger partial charge in [-0.1, -0.05) is 44.8 Å². The zero-order chi connectivity index (χ0) is 12.6. The van der Waals surface area contributed by atoms with E-state index in [0.29, 0.717) is 6.79 Å². The molecule has 0 atom stereocenters. The maximum atomic E-state index is 5.71. The highest BCUT2D eigenvalue weighted by Gasteiger charge is 1.90. The number of unbranched alkanes of at least 4 members (excludes halogenated alkanes) is 3. The number of halogens is 1. The van der Waals surface area contributed by atoms with Gasteiger partial charge in [0.1, 0.15) is 6.79 Å². The molecule has 0 saturated heterocycles. The van der Waals surface area contributed by atoms with Crippen LogP contribution in [-0.2, 0) is 9.47 Å². The molecule has 0 aliphatic heterocycles. The van der Waals surface area contributed by atoms with E-state index in [0.717, 1.165) is 32.5 Å². The van der Waals surface area contributed by atoms with E-state index >= 15 is 0 Å². The Balaban J connectivity index is 2.96. The quantitative estimate of drug-likeness (QED) is 0.217. The summed E-state index contributed by atoms with van der Waals surface area (Å²) in [5.74, 6) is 0. The van der Waals surface area contributed by atoms with Gasteiger partial charge in [-0.2, -0.15) is 0 Å². The fourth-order valence-electron chi connectivity index (χ4n) is 1.39. The van der Waals surface area contributed by atoms with Crippen LogP contribution in [0.25, 0.3) is 0 Å². The molecule has 0 N–H and O–H groups in total. The third-order valence-corrected chi connectivity index (χ3v) is 3.89. The summed E-state index contributed by atoms with van der Waals surface area (Å²) in [6, 6.07) is 0.